The van der Waals surface area contributed by atoms with Crippen LogP contribution in [0, 0.1) is 13.8 Å². The number of hydrogen-bond acceptors (Lipinski definition) is 2. The summed E-state index contributed by atoms with van der Waals surface area (Å²) < 4.78 is 11.7. The molecule has 32 heavy (non-hydrogen) atoms. The molecule has 4 rings (SSSR count). The lowest BCUT2D eigenvalue weighted by Gasteiger charge is -2.20. The minimum atomic E-state index is 0.816. The van der Waals surface area contributed by atoms with Crippen LogP contribution in [0.1, 0.15) is 11.1 Å². The molecule has 2 atom stereocenters. The molecule has 0 aliphatic carbocycles. The second kappa shape index (κ2) is 9.45. The Balaban J connectivity index is 1.93. The Hall–Kier alpha value is -2.66. The lowest BCUT2D eigenvalue weighted by molar-refractivity contribution is 0.411. The maximum Gasteiger partial charge on any atom is 0.128 e. The second-order valence-electron chi connectivity index (χ2n) is 7.98. The summed E-state index contributed by atoms with van der Waals surface area (Å²) in [6.07, 6.45) is 0. The second-order valence-corrected chi connectivity index (χ2v) is 9.18. The first-order chi connectivity index (χ1) is 15.4. The van der Waals surface area contributed by atoms with Crippen LogP contribution in [-0.2, 0) is 0 Å². The predicted molar refractivity (Wildman–Crippen MR) is 144 cm³/mol. The minimum Gasteiger partial charge on any atom is -0.496 e. The van der Waals surface area contributed by atoms with Gasteiger partial charge in [0.25, 0.3) is 0 Å². The highest BCUT2D eigenvalue weighted by atomic mass is 31.0. The summed E-state index contributed by atoms with van der Waals surface area (Å²) in [5, 5.41) is 2.14. The molecule has 0 saturated carbocycles. The van der Waals surface area contributed by atoms with Crippen molar-refractivity contribution in [3.8, 4) is 44.9 Å². The third kappa shape index (κ3) is 4.31. The molecule has 2 nitrogen and oxygen atoms in total. The minimum absolute atomic E-state index is 0.816. The molecule has 4 aromatic carbocycles. The quantitative estimate of drug-likeness (QED) is 0.326. The van der Waals surface area contributed by atoms with Gasteiger partial charge in [-0.3, -0.25) is 0 Å². The third-order valence-corrected chi connectivity index (χ3v) is 6.83. The van der Waals surface area contributed by atoms with Crippen molar-refractivity contribution in [2.24, 2.45) is 0 Å². The molecule has 0 radical (unpaired) electrons. The van der Waals surface area contributed by atoms with E-state index in [1.807, 2.05) is 6.07 Å². The van der Waals surface area contributed by atoms with Gasteiger partial charge in [0.15, 0.2) is 0 Å². The summed E-state index contributed by atoms with van der Waals surface area (Å²) in [5.41, 5.74) is 9.13. The number of ether oxygens (including phenoxy) is 2. The number of hydrogen-bond donors (Lipinski definition) is 0. The molecule has 0 N–H and O–H groups in total. The molecule has 0 bridgehead atoms. The van der Waals surface area contributed by atoms with Crippen LogP contribution in [0.3, 0.4) is 0 Å². The van der Waals surface area contributed by atoms with Gasteiger partial charge >= 0.3 is 0 Å². The van der Waals surface area contributed by atoms with Gasteiger partial charge in [0, 0.05) is 11.1 Å². The summed E-state index contributed by atoms with van der Waals surface area (Å²) in [7, 11) is 9.25. The van der Waals surface area contributed by atoms with E-state index in [0.29, 0.717) is 0 Å². The molecular formula is C28H28O2P2. The van der Waals surface area contributed by atoms with Crippen LogP contribution < -0.4 is 20.1 Å². The molecule has 0 heterocycles. The zero-order chi connectivity index (χ0) is 22.8. The molecule has 0 aliphatic heterocycles. The highest BCUT2D eigenvalue weighted by Gasteiger charge is 2.20. The fourth-order valence-corrected chi connectivity index (χ4v) is 5.01. The summed E-state index contributed by atoms with van der Waals surface area (Å²) in [5.74, 6) is 1.63. The molecule has 0 aromatic heterocycles. The van der Waals surface area contributed by atoms with E-state index in [0.717, 1.165) is 49.9 Å². The number of benzene rings is 4. The average Bonchev–Trinajstić information content (AvgIpc) is 2.80. The molecule has 4 aromatic rings. The largest absolute Gasteiger partial charge is 0.496 e. The Morgan fingerprint density at radius 3 is 1.69 bits per heavy atom. The average molecular weight is 458 g/mol. The molecule has 4 heteroatoms. The first-order valence-electron chi connectivity index (χ1n) is 10.5. The Kier molecular flexibility index (Phi) is 6.66. The molecule has 0 amide bonds. The van der Waals surface area contributed by atoms with Crippen LogP contribution in [0.25, 0.3) is 33.4 Å². The van der Waals surface area contributed by atoms with Crippen molar-refractivity contribution in [2.45, 2.75) is 13.8 Å². The van der Waals surface area contributed by atoms with Crippen LogP contribution in [0.5, 0.6) is 11.5 Å². The first kappa shape index (κ1) is 22.5. The van der Waals surface area contributed by atoms with E-state index < -0.39 is 0 Å². The van der Waals surface area contributed by atoms with Crippen LogP contribution in [0.2, 0.25) is 0 Å². The van der Waals surface area contributed by atoms with Gasteiger partial charge in [-0.05, 0) is 64.9 Å². The van der Waals surface area contributed by atoms with E-state index >= 15 is 0 Å². The van der Waals surface area contributed by atoms with Crippen LogP contribution in [-0.4, -0.2) is 14.2 Å². The van der Waals surface area contributed by atoms with Crippen molar-refractivity contribution in [3.63, 3.8) is 0 Å². The first-order valence-corrected chi connectivity index (χ1v) is 11.7. The molecule has 0 spiro atoms. The lowest BCUT2D eigenvalue weighted by atomic mass is 9.94. The molecular weight excluding hydrogens is 430 g/mol. The van der Waals surface area contributed by atoms with Crippen molar-refractivity contribution in [3.05, 3.63) is 83.9 Å². The molecule has 2 unspecified atom stereocenters. The smallest absolute Gasteiger partial charge is 0.128 e. The zero-order valence-corrected chi connectivity index (χ0v) is 21.2. The van der Waals surface area contributed by atoms with E-state index in [9.17, 15) is 0 Å². The SMILES string of the molecule is COc1cc(-c2ccc(C)cc2)cc(P)c1-c1c(OC)ccc(-c2ccc(C)cc2)c1P. The number of rotatable bonds is 5. The Bertz CT molecular complexity index is 1260. The standard InChI is InChI=1S/C28H28O2P2/c1-17-5-9-19(10-6-17)21-15-24(30-4)26(25(31)16-21)27-23(29-3)14-13-22(28(27)32)20-11-7-18(2)8-12-20/h5-16H,31-32H2,1-4H3. The maximum atomic E-state index is 5.90. The van der Waals surface area contributed by atoms with Gasteiger partial charge in [0.1, 0.15) is 11.5 Å². The number of methoxy groups -OCH3 is 2. The van der Waals surface area contributed by atoms with Gasteiger partial charge in [-0.1, -0.05) is 65.7 Å². The molecule has 0 saturated heterocycles. The Morgan fingerprint density at radius 1 is 0.562 bits per heavy atom. The van der Waals surface area contributed by atoms with Gasteiger partial charge < -0.3 is 9.47 Å². The molecule has 0 aliphatic rings. The van der Waals surface area contributed by atoms with Gasteiger partial charge in [0.05, 0.1) is 14.2 Å². The normalized spacial score (nSPS) is 10.8. The van der Waals surface area contributed by atoms with Gasteiger partial charge in [-0.25, -0.2) is 0 Å². The summed E-state index contributed by atoms with van der Waals surface area (Å²) >= 11 is 0. The van der Waals surface area contributed by atoms with Crippen LogP contribution in [0.4, 0.5) is 0 Å². The summed E-state index contributed by atoms with van der Waals surface area (Å²) in [6.45, 7) is 4.20. The molecule has 0 fully saturated rings. The summed E-state index contributed by atoms with van der Waals surface area (Å²) in [4.78, 5) is 0. The van der Waals surface area contributed by atoms with Crippen molar-refractivity contribution in [1.29, 1.82) is 0 Å². The highest BCUT2D eigenvalue weighted by Crippen LogP contribution is 2.40. The van der Waals surface area contributed by atoms with Crippen LogP contribution in [0.15, 0.2) is 72.8 Å². The fraction of sp³-hybridized carbons (Fsp3) is 0.143. The van der Waals surface area contributed by atoms with E-state index in [1.54, 1.807) is 14.2 Å². The highest BCUT2D eigenvalue weighted by molar-refractivity contribution is 7.29. The van der Waals surface area contributed by atoms with E-state index in [2.05, 4.69) is 99.1 Å². The van der Waals surface area contributed by atoms with Crippen molar-refractivity contribution >= 4 is 29.1 Å². The van der Waals surface area contributed by atoms with Crippen LogP contribution >= 0.6 is 18.5 Å². The lowest BCUT2D eigenvalue weighted by Crippen LogP contribution is -2.11. The summed E-state index contributed by atoms with van der Waals surface area (Å²) in [6, 6.07) is 25.6. The van der Waals surface area contributed by atoms with E-state index in [-0.39, 0.29) is 0 Å². The Labute approximate surface area is 195 Å². The number of aryl methyl sites for hydroxylation is 2. The topological polar surface area (TPSA) is 18.5 Å². The molecule has 162 valence electrons. The maximum absolute atomic E-state index is 5.90. The predicted octanol–water partition coefficient (Wildman–Crippen LogP) is 6.32. The Morgan fingerprint density at radius 2 is 1.12 bits per heavy atom. The van der Waals surface area contributed by atoms with E-state index in [4.69, 9.17) is 9.47 Å². The van der Waals surface area contributed by atoms with Crippen molar-refractivity contribution in [1.82, 2.24) is 0 Å². The van der Waals surface area contributed by atoms with Crippen molar-refractivity contribution in [2.75, 3.05) is 14.2 Å². The zero-order valence-electron chi connectivity index (χ0n) is 18.9. The third-order valence-electron chi connectivity index (χ3n) is 5.78. The monoisotopic (exact) mass is 458 g/mol. The van der Waals surface area contributed by atoms with Gasteiger partial charge in [-0.15, -0.1) is 18.5 Å². The van der Waals surface area contributed by atoms with Crippen molar-refractivity contribution < 1.29 is 9.47 Å². The van der Waals surface area contributed by atoms with Gasteiger partial charge in [-0.2, -0.15) is 0 Å². The fourth-order valence-electron chi connectivity index (χ4n) is 3.99. The van der Waals surface area contributed by atoms with E-state index in [1.165, 1.54) is 16.7 Å². The van der Waals surface area contributed by atoms with Gasteiger partial charge in [0.2, 0.25) is 0 Å².